The highest BCUT2D eigenvalue weighted by Crippen LogP contribution is 2.34. The van der Waals surface area contributed by atoms with Gasteiger partial charge in [0.25, 0.3) is 5.91 Å². The number of anilines is 1. The lowest BCUT2D eigenvalue weighted by Crippen LogP contribution is -2.30. The van der Waals surface area contributed by atoms with Gasteiger partial charge in [-0.15, -0.1) is 0 Å². The molecule has 3 aromatic rings. The van der Waals surface area contributed by atoms with Gasteiger partial charge < -0.3 is 15.2 Å². The Morgan fingerprint density at radius 1 is 1.16 bits per heavy atom. The molecule has 4 rings (SSSR count). The molecule has 1 aliphatic rings. The summed E-state index contributed by atoms with van der Waals surface area (Å²) in [6, 6.07) is 15.9. The maximum Gasteiger partial charge on any atom is 0.260 e. The van der Waals surface area contributed by atoms with E-state index in [1.54, 1.807) is 6.07 Å². The molecule has 7 heteroatoms. The van der Waals surface area contributed by atoms with E-state index < -0.39 is 0 Å². The smallest absolute Gasteiger partial charge is 0.260 e. The van der Waals surface area contributed by atoms with Gasteiger partial charge in [0, 0.05) is 17.1 Å². The SMILES string of the molecule is CCc1ccc(N[C@@H]2NC(=O)/C(=C/c3cc(C)n(-c4cccc(Cl)c4Cl)c3C)S2)cc1. The van der Waals surface area contributed by atoms with E-state index in [0.717, 1.165) is 34.7 Å². The molecule has 0 saturated carbocycles. The van der Waals surface area contributed by atoms with Gasteiger partial charge in [-0.1, -0.05) is 60.1 Å². The number of carbonyl (C=O) groups excluding carboxylic acids is 1. The number of halogens is 2. The summed E-state index contributed by atoms with van der Waals surface area (Å²) in [5.74, 6) is -0.0849. The zero-order valence-electron chi connectivity index (χ0n) is 17.5. The Morgan fingerprint density at radius 3 is 2.61 bits per heavy atom. The van der Waals surface area contributed by atoms with E-state index in [-0.39, 0.29) is 11.4 Å². The second-order valence-corrected chi connectivity index (χ2v) is 9.34. The first kappa shape index (κ1) is 21.9. The molecule has 1 saturated heterocycles. The summed E-state index contributed by atoms with van der Waals surface area (Å²) < 4.78 is 2.06. The third kappa shape index (κ3) is 4.49. The molecule has 0 radical (unpaired) electrons. The van der Waals surface area contributed by atoms with Crippen molar-refractivity contribution in [3.05, 3.63) is 86.0 Å². The first-order valence-corrected chi connectivity index (χ1v) is 11.7. The van der Waals surface area contributed by atoms with E-state index in [2.05, 4.69) is 40.3 Å². The summed E-state index contributed by atoms with van der Waals surface area (Å²) in [7, 11) is 0. The lowest BCUT2D eigenvalue weighted by atomic mass is 10.1. The molecular weight excluding hydrogens is 449 g/mol. The molecule has 0 unspecified atom stereocenters. The van der Waals surface area contributed by atoms with Crippen LogP contribution >= 0.6 is 35.0 Å². The van der Waals surface area contributed by atoms with Gasteiger partial charge in [-0.3, -0.25) is 4.79 Å². The largest absolute Gasteiger partial charge is 0.357 e. The third-order valence-electron chi connectivity index (χ3n) is 5.32. The van der Waals surface area contributed by atoms with Gasteiger partial charge in [0.05, 0.1) is 20.6 Å². The molecule has 2 N–H and O–H groups in total. The number of carbonyl (C=O) groups is 1. The summed E-state index contributed by atoms with van der Waals surface area (Å²) in [6.07, 6.45) is 2.93. The number of hydrogen-bond acceptors (Lipinski definition) is 3. The Bertz CT molecular complexity index is 1170. The van der Waals surface area contributed by atoms with Crippen molar-refractivity contribution in [3.8, 4) is 5.69 Å². The van der Waals surface area contributed by atoms with E-state index in [0.29, 0.717) is 15.0 Å². The molecule has 1 atom stereocenters. The number of benzene rings is 2. The van der Waals surface area contributed by atoms with Crippen LogP contribution in [0.4, 0.5) is 5.69 Å². The van der Waals surface area contributed by atoms with E-state index in [9.17, 15) is 4.79 Å². The molecular formula is C24H23Cl2N3OS. The van der Waals surface area contributed by atoms with Crippen LogP contribution < -0.4 is 10.6 Å². The van der Waals surface area contributed by atoms with Crippen LogP contribution in [0.1, 0.15) is 29.4 Å². The molecule has 2 heterocycles. The number of amides is 1. The minimum Gasteiger partial charge on any atom is -0.357 e. The minimum atomic E-state index is -0.211. The highest BCUT2D eigenvalue weighted by molar-refractivity contribution is 8.05. The van der Waals surface area contributed by atoms with Crippen molar-refractivity contribution < 1.29 is 4.79 Å². The van der Waals surface area contributed by atoms with Crippen molar-refractivity contribution in [3.63, 3.8) is 0 Å². The van der Waals surface area contributed by atoms with E-state index in [1.807, 2.05) is 44.2 Å². The van der Waals surface area contributed by atoms with Crippen LogP contribution in [-0.4, -0.2) is 16.0 Å². The number of nitrogens with zero attached hydrogens (tertiary/aromatic N) is 1. The average Bonchev–Trinajstić information content (AvgIpc) is 3.23. The van der Waals surface area contributed by atoms with Gasteiger partial charge in [0.1, 0.15) is 0 Å². The van der Waals surface area contributed by atoms with Gasteiger partial charge in [0.2, 0.25) is 0 Å². The predicted octanol–water partition coefficient (Wildman–Crippen LogP) is 6.56. The van der Waals surface area contributed by atoms with Crippen LogP contribution in [0.5, 0.6) is 0 Å². The van der Waals surface area contributed by atoms with E-state index in [1.165, 1.54) is 17.3 Å². The van der Waals surface area contributed by atoms with Crippen LogP contribution in [0.3, 0.4) is 0 Å². The van der Waals surface area contributed by atoms with E-state index >= 15 is 0 Å². The lowest BCUT2D eigenvalue weighted by Gasteiger charge is -2.13. The number of aromatic nitrogens is 1. The van der Waals surface area contributed by atoms with Gasteiger partial charge >= 0.3 is 0 Å². The monoisotopic (exact) mass is 471 g/mol. The average molecular weight is 472 g/mol. The Kier molecular flexibility index (Phi) is 6.37. The van der Waals surface area contributed by atoms with Crippen molar-refractivity contribution in [1.82, 2.24) is 9.88 Å². The molecule has 4 nitrogen and oxygen atoms in total. The molecule has 31 heavy (non-hydrogen) atoms. The van der Waals surface area contributed by atoms with Crippen LogP contribution in [-0.2, 0) is 11.2 Å². The molecule has 160 valence electrons. The van der Waals surface area contributed by atoms with Gasteiger partial charge in [-0.25, -0.2) is 0 Å². The van der Waals surface area contributed by atoms with Crippen LogP contribution in [0.25, 0.3) is 11.8 Å². The van der Waals surface area contributed by atoms with Crippen LogP contribution in [0, 0.1) is 13.8 Å². The second-order valence-electron chi connectivity index (χ2n) is 7.41. The first-order valence-electron chi connectivity index (χ1n) is 10.1. The fraction of sp³-hybridized carbons (Fsp3) is 0.208. The van der Waals surface area contributed by atoms with Crippen molar-refractivity contribution in [1.29, 1.82) is 0 Å². The topological polar surface area (TPSA) is 46.1 Å². The lowest BCUT2D eigenvalue weighted by molar-refractivity contribution is -0.116. The molecule has 0 spiro atoms. The van der Waals surface area contributed by atoms with Crippen molar-refractivity contribution in [2.24, 2.45) is 0 Å². The van der Waals surface area contributed by atoms with E-state index in [4.69, 9.17) is 23.2 Å². The number of rotatable bonds is 5. The van der Waals surface area contributed by atoms with Crippen LogP contribution in [0.2, 0.25) is 10.0 Å². The third-order valence-corrected chi connectivity index (χ3v) is 7.16. The maximum atomic E-state index is 12.6. The minimum absolute atomic E-state index is 0.0849. The molecule has 2 aromatic carbocycles. The Labute approximate surface area is 196 Å². The second kappa shape index (κ2) is 9.03. The molecule has 1 amide bonds. The number of hydrogen-bond donors (Lipinski definition) is 2. The molecule has 0 bridgehead atoms. The summed E-state index contributed by atoms with van der Waals surface area (Å²) in [6.45, 7) is 6.15. The Hall–Kier alpha value is -2.34. The normalized spacial score (nSPS) is 17.3. The van der Waals surface area contributed by atoms with Gasteiger partial charge in [0.15, 0.2) is 5.50 Å². The summed E-state index contributed by atoms with van der Waals surface area (Å²) in [5, 5.41) is 7.37. The molecule has 0 aliphatic carbocycles. The predicted molar refractivity (Wildman–Crippen MR) is 132 cm³/mol. The highest BCUT2D eigenvalue weighted by atomic mass is 35.5. The first-order chi connectivity index (χ1) is 14.9. The summed E-state index contributed by atoms with van der Waals surface area (Å²) in [5.41, 5.74) is 5.86. The highest BCUT2D eigenvalue weighted by Gasteiger charge is 2.27. The Balaban J connectivity index is 1.57. The summed E-state index contributed by atoms with van der Waals surface area (Å²) in [4.78, 5) is 13.2. The Morgan fingerprint density at radius 2 is 1.90 bits per heavy atom. The maximum absolute atomic E-state index is 12.6. The van der Waals surface area contributed by atoms with Gasteiger partial charge in [-0.05, 0) is 67.8 Å². The zero-order chi connectivity index (χ0) is 22.1. The molecule has 1 fully saturated rings. The summed E-state index contributed by atoms with van der Waals surface area (Å²) >= 11 is 14.1. The van der Waals surface area contributed by atoms with Crippen LogP contribution in [0.15, 0.2) is 53.4 Å². The van der Waals surface area contributed by atoms with Crippen molar-refractivity contribution >= 4 is 52.6 Å². The van der Waals surface area contributed by atoms with Crippen molar-refractivity contribution in [2.75, 3.05) is 5.32 Å². The quantitative estimate of drug-likeness (QED) is 0.413. The zero-order valence-corrected chi connectivity index (χ0v) is 19.8. The standard InChI is InChI=1S/C24H23Cl2N3OS/c1-4-16-8-10-18(11-9-16)27-24-28-23(30)21(31-24)13-17-12-14(2)29(15(17)3)20-7-5-6-19(25)22(20)26/h5-13,24,27H,4H2,1-3H3,(H,28,30)/b21-13-/t24-/m1/s1. The number of aryl methyl sites for hydroxylation is 2. The number of thioether (sulfide) groups is 1. The van der Waals surface area contributed by atoms with Gasteiger partial charge in [-0.2, -0.15) is 0 Å². The molecule has 1 aliphatic heterocycles. The fourth-order valence-electron chi connectivity index (χ4n) is 3.66. The number of nitrogens with one attached hydrogen (secondary N) is 2. The van der Waals surface area contributed by atoms with Crippen molar-refractivity contribution in [2.45, 2.75) is 32.7 Å². The fourth-order valence-corrected chi connectivity index (χ4v) is 5.02. The molecule has 1 aromatic heterocycles.